The van der Waals surface area contributed by atoms with Crippen molar-refractivity contribution in [3.8, 4) is 11.6 Å². The number of pyridine rings is 2. The number of methoxy groups -OCH3 is 1. The first-order chi connectivity index (χ1) is 12.1. The summed E-state index contributed by atoms with van der Waals surface area (Å²) in [6, 6.07) is 5.42. The van der Waals surface area contributed by atoms with Gasteiger partial charge in [-0.05, 0) is 37.0 Å². The maximum absolute atomic E-state index is 10.9. The van der Waals surface area contributed by atoms with E-state index in [0.29, 0.717) is 17.8 Å². The van der Waals surface area contributed by atoms with Gasteiger partial charge in [0.05, 0.1) is 24.0 Å². The summed E-state index contributed by atoms with van der Waals surface area (Å²) in [4.78, 5) is 19.7. The van der Waals surface area contributed by atoms with E-state index in [9.17, 15) is 4.79 Å². The van der Waals surface area contributed by atoms with Crippen LogP contribution in [0, 0.1) is 0 Å². The van der Waals surface area contributed by atoms with Crippen molar-refractivity contribution >= 4 is 17.1 Å². The third kappa shape index (κ3) is 2.86. The third-order valence-electron chi connectivity index (χ3n) is 4.39. The number of carbonyl (C=O) groups is 1. The lowest BCUT2D eigenvalue weighted by Crippen LogP contribution is -2.37. The molecule has 25 heavy (non-hydrogen) atoms. The summed E-state index contributed by atoms with van der Waals surface area (Å²) in [7, 11) is 1.58. The molecule has 0 saturated heterocycles. The zero-order chi connectivity index (χ0) is 17.4. The van der Waals surface area contributed by atoms with Gasteiger partial charge in [0.15, 0.2) is 0 Å². The second-order valence-corrected chi connectivity index (χ2v) is 5.99. The van der Waals surface area contributed by atoms with Crippen molar-refractivity contribution in [3.05, 3.63) is 41.9 Å². The minimum atomic E-state index is -0.989. The predicted octanol–water partition coefficient (Wildman–Crippen LogP) is 1.95. The highest BCUT2D eigenvalue weighted by molar-refractivity contribution is 5.83. The Labute approximate surface area is 143 Å². The van der Waals surface area contributed by atoms with Crippen LogP contribution in [0.15, 0.2) is 30.6 Å². The van der Waals surface area contributed by atoms with Crippen molar-refractivity contribution in [2.24, 2.45) is 0 Å². The molecule has 0 aliphatic heterocycles. The molecule has 0 aromatic carbocycles. The SMILES string of the molecule is COc1ccc2nccc(-n3cc4c(n3)CCC(NC(=O)O)C4)c2n1. The van der Waals surface area contributed by atoms with Crippen LogP contribution >= 0.6 is 0 Å². The van der Waals surface area contributed by atoms with Gasteiger partial charge in [-0.15, -0.1) is 0 Å². The van der Waals surface area contributed by atoms with Crippen LogP contribution < -0.4 is 10.1 Å². The van der Waals surface area contributed by atoms with E-state index in [1.54, 1.807) is 24.1 Å². The quantitative estimate of drug-likeness (QED) is 0.756. The summed E-state index contributed by atoms with van der Waals surface area (Å²) in [5, 5.41) is 16.1. The first kappa shape index (κ1) is 15.4. The Morgan fingerprint density at radius 3 is 3.08 bits per heavy atom. The zero-order valence-electron chi connectivity index (χ0n) is 13.6. The van der Waals surface area contributed by atoms with Crippen molar-refractivity contribution in [1.29, 1.82) is 0 Å². The molecule has 128 valence electrons. The Bertz CT molecular complexity index is 953. The van der Waals surface area contributed by atoms with Crippen LogP contribution in [0.2, 0.25) is 0 Å². The minimum Gasteiger partial charge on any atom is -0.481 e. The van der Waals surface area contributed by atoms with Crippen LogP contribution in [0.25, 0.3) is 16.7 Å². The van der Waals surface area contributed by atoms with E-state index in [1.807, 2.05) is 18.3 Å². The molecule has 1 atom stereocenters. The molecule has 8 heteroatoms. The molecule has 0 bridgehead atoms. The fourth-order valence-electron chi connectivity index (χ4n) is 3.22. The number of aryl methyl sites for hydroxylation is 1. The van der Waals surface area contributed by atoms with Crippen molar-refractivity contribution in [1.82, 2.24) is 25.1 Å². The molecular weight excluding hydrogens is 322 g/mol. The summed E-state index contributed by atoms with van der Waals surface area (Å²) in [6.45, 7) is 0. The largest absolute Gasteiger partial charge is 0.481 e. The Kier molecular flexibility index (Phi) is 3.72. The van der Waals surface area contributed by atoms with Gasteiger partial charge in [0.25, 0.3) is 0 Å². The lowest BCUT2D eigenvalue weighted by molar-refractivity contribution is 0.188. The molecule has 1 aliphatic carbocycles. The molecule has 1 aliphatic rings. The van der Waals surface area contributed by atoms with E-state index < -0.39 is 6.09 Å². The van der Waals surface area contributed by atoms with E-state index in [-0.39, 0.29) is 6.04 Å². The second-order valence-electron chi connectivity index (χ2n) is 5.99. The monoisotopic (exact) mass is 339 g/mol. The molecule has 1 unspecified atom stereocenters. The Hall–Kier alpha value is -3.16. The van der Waals surface area contributed by atoms with E-state index in [4.69, 9.17) is 9.84 Å². The zero-order valence-corrected chi connectivity index (χ0v) is 13.6. The average molecular weight is 339 g/mol. The number of aromatic nitrogens is 4. The van der Waals surface area contributed by atoms with Crippen LogP contribution in [-0.4, -0.2) is 44.1 Å². The van der Waals surface area contributed by atoms with Crippen LogP contribution in [0.5, 0.6) is 5.88 Å². The van der Waals surface area contributed by atoms with Crippen LogP contribution in [0.3, 0.4) is 0 Å². The highest BCUT2D eigenvalue weighted by Gasteiger charge is 2.23. The molecule has 0 fully saturated rings. The summed E-state index contributed by atoms with van der Waals surface area (Å²) >= 11 is 0. The minimum absolute atomic E-state index is 0.0740. The molecule has 4 rings (SSSR count). The maximum atomic E-state index is 10.9. The van der Waals surface area contributed by atoms with Crippen LogP contribution in [0.4, 0.5) is 4.79 Å². The van der Waals surface area contributed by atoms with E-state index >= 15 is 0 Å². The molecule has 8 nitrogen and oxygen atoms in total. The molecule has 1 amide bonds. The number of ether oxygens (including phenoxy) is 1. The van der Waals surface area contributed by atoms with Crippen molar-refractivity contribution < 1.29 is 14.6 Å². The fraction of sp³-hybridized carbons (Fsp3) is 0.294. The van der Waals surface area contributed by atoms with Crippen LogP contribution in [0.1, 0.15) is 17.7 Å². The number of nitrogens with zero attached hydrogens (tertiary/aromatic N) is 4. The van der Waals surface area contributed by atoms with Crippen molar-refractivity contribution in [2.45, 2.75) is 25.3 Å². The number of nitrogens with one attached hydrogen (secondary N) is 1. The first-order valence-electron chi connectivity index (χ1n) is 8.01. The Morgan fingerprint density at radius 2 is 2.28 bits per heavy atom. The van der Waals surface area contributed by atoms with Crippen LogP contribution in [-0.2, 0) is 12.8 Å². The lowest BCUT2D eigenvalue weighted by atomic mass is 9.94. The molecule has 2 N–H and O–H groups in total. The van der Waals surface area contributed by atoms with Gasteiger partial charge in [-0.1, -0.05) is 0 Å². The molecule has 0 saturated carbocycles. The molecule has 0 spiro atoms. The van der Waals surface area contributed by atoms with E-state index in [1.165, 1.54) is 0 Å². The standard InChI is InChI=1S/C17H17N5O3/c1-25-15-5-4-13-16(20-15)14(6-7-18-13)22-9-10-8-11(19-17(23)24)2-3-12(10)21-22/h4-7,9,11,19H,2-3,8H2,1H3,(H,23,24). The van der Waals surface area contributed by atoms with Gasteiger partial charge in [0.2, 0.25) is 5.88 Å². The van der Waals surface area contributed by atoms with Gasteiger partial charge >= 0.3 is 6.09 Å². The van der Waals surface area contributed by atoms with Gasteiger partial charge in [-0.2, -0.15) is 5.10 Å². The fourth-order valence-corrected chi connectivity index (χ4v) is 3.22. The number of rotatable bonds is 3. The number of fused-ring (bicyclic) bond motifs is 2. The summed E-state index contributed by atoms with van der Waals surface area (Å²) in [6.07, 6.45) is 4.81. The maximum Gasteiger partial charge on any atom is 0.404 e. The molecule has 3 aromatic rings. The van der Waals surface area contributed by atoms with Crippen molar-refractivity contribution in [2.75, 3.05) is 7.11 Å². The van der Waals surface area contributed by atoms with Crippen molar-refractivity contribution in [3.63, 3.8) is 0 Å². The highest BCUT2D eigenvalue weighted by atomic mass is 16.5. The Balaban J connectivity index is 1.73. The number of amides is 1. The lowest BCUT2D eigenvalue weighted by Gasteiger charge is -2.20. The normalized spacial score (nSPS) is 16.4. The van der Waals surface area contributed by atoms with Gasteiger partial charge in [0.1, 0.15) is 5.52 Å². The van der Waals surface area contributed by atoms with E-state index in [0.717, 1.165) is 35.3 Å². The number of hydrogen-bond donors (Lipinski definition) is 2. The average Bonchev–Trinajstić information content (AvgIpc) is 3.03. The predicted molar refractivity (Wildman–Crippen MR) is 90.2 cm³/mol. The van der Waals surface area contributed by atoms with E-state index in [2.05, 4.69) is 20.4 Å². The van der Waals surface area contributed by atoms with Gasteiger partial charge in [0, 0.05) is 24.5 Å². The summed E-state index contributed by atoms with van der Waals surface area (Å²) < 4.78 is 7.01. The van der Waals surface area contributed by atoms with Gasteiger partial charge < -0.3 is 15.2 Å². The van der Waals surface area contributed by atoms with Gasteiger partial charge in [-0.3, -0.25) is 4.98 Å². The van der Waals surface area contributed by atoms with Gasteiger partial charge in [-0.25, -0.2) is 14.5 Å². The smallest absolute Gasteiger partial charge is 0.404 e. The Morgan fingerprint density at radius 1 is 1.40 bits per heavy atom. The highest BCUT2D eigenvalue weighted by Crippen LogP contribution is 2.25. The molecule has 3 heterocycles. The number of hydrogen-bond acceptors (Lipinski definition) is 5. The molecule has 3 aromatic heterocycles. The number of carboxylic acid groups (broad SMARTS) is 1. The summed E-state index contributed by atoms with van der Waals surface area (Å²) in [5.41, 5.74) is 4.34. The molecular formula is C17H17N5O3. The summed E-state index contributed by atoms with van der Waals surface area (Å²) in [5.74, 6) is 0.518. The molecule has 0 radical (unpaired) electrons. The second kappa shape index (κ2) is 6.04. The first-order valence-corrected chi connectivity index (χ1v) is 8.01. The topological polar surface area (TPSA) is 102 Å². The third-order valence-corrected chi connectivity index (χ3v) is 4.39.